The SMILES string of the molecule is O=C(NNC(=S)Nc1ccccc1)C1CC2CCC1C2. The minimum atomic E-state index is 0.0782. The van der Waals surface area contributed by atoms with Gasteiger partial charge in [0.15, 0.2) is 5.11 Å². The zero-order valence-corrected chi connectivity index (χ0v) is 12.1. The Morgan fingerprint density at radius 2 is 1.90 bits per heavy atom. The van der Waals surface area contributed by atoms with Gasteiger partial charge in [-0.1, -0.05) is 24.6 Å². The molecule has 0 radical (unpaired) electrons. The van der Waals surface area contributed by atoms with Crippen molar-refractivity contribution >= 4 is 28.9 Å². The van der Waals surface area contributed by atoms with Crippen LogP contribution in [0.3, 0.4) is 0 Å². The number of benzene rings is 1. The predicted octanol–water partition coefficient (Wildman–Crippen LogP) is 2.44. The van der Waals surface area contributed by atoms with Crippen LogP contribution in [0.25, 0.3) is 0 Å². The zero-order valence-electron chi connectivity index (χ0n) is 11.3. The van der Waals surface area contributed by atoms with Gasteiger partial charge in [0, 0.05) is 11.6 Å². The Morgan fingerprint density at radius 1 is 1.10 bits per heavy atom. The smallest absolute Gasteiger partial charge is 0.241 e. The molecular formula is C15H19N3OS. The molecule has 1 aromatic carbocycles. The van der Waals surface area contributed by atoms with E-state index in [1.165, 1.54) is 19.3 Å². The first kappa shape index (κ1) is 13.4. The molecule has 3 unspecified atom stereocenters. The van der Waals surface area contributed by atoms with E-state index in [0.29, 0.717) is 11.0 Å². The Morgan fingerprint density at radius 3 is 2.55 bits per heavy atom. The zero-order chi connectivity index (χ0) is 13.9. The Hall–Kier alpha value is -1.62. The molecule has 3 atom stereocenters. The fourth-order valence-electron chi connectivity index (χ4n) is 3.46. The van der Waals surface area contributed by atoms with Crippen LogP contribution >= 0.6 is 12.2 Å². The maximum Gasteiger partial charge on any atom is 0.241 e. The number of carbonyl (C=O) groups excluding carboxylic acids is 1. The molecule has 106 valence electrons. The quantitative estimate of drug-likeness (QED) is 0.578. The van der Waals surface area contributed by atoms with Gasteiger partial charge in [0.25, 0.3) is 0 Å². The Labute approximate surface area is 124 Å². The molecule has 2 aliphatic rings. The third-order valence-electron chi connectivity index (χ3n) is 4.41. The van der Waals surface area contributed by atoms with Gasteiger partial charge < -0.3 is 5.32 Å². The topological polar surface area (TPSA) is 53.2 Å². The number of fused-ring (bicyclic) bond motifs is 2. The summed E-state index contributed by atoms with van der Waals surface area (Å²) in [6.45, 7) is 0. The second-order valence-electron chi connectivity index (χ2n) is 5.72. The van der Waals surface area contributed by atoms with E-state index in [1.54, 1.807) is 0 Å². The third-order valence-corrected chi connectivity index (χ3v) is 4.61. The number of para-hydroxylation sites is 1. The van der Waals surface area contributed by atoms with E-state index < -0.39 is 0 Å². The number of thiocarbonyl (C=S) groups is 1. The number of hydrogen-bond donors (Lipinski definition) is 3. The maximum atomic E-state index is 12.1. The Balaban J connectivity index is 1.45. The summed E-state index contributed by atoms with van der Waals surface area (Å²) < 4.78 is 0. The lowest BCUT2D eigenvalue weighted by Gasteiger charge is -2.21. The van der Waals surface area contributed by atoms with Crippen molar-refractivity contribution in [3.8, 4) is 0 Å². The van der Waals surface area contributed by atoms with Crippen molar-refractivity contribution in [3.63, 3.8) is 0 Å². The number of anilines is 1. The fourth-order valence-corrected chi connectivity index (χ4v) is 3.63. The molecule has 0 aliphatic heterocycles. The van der Waals surface area contributed by atoms with Crippen molar-refractivity contribution in [2.45, 2.75) is 25.7 Å². The summed E-state index contributed by atoms with van der Waals surface area (Å²) in [6, 6.07) is 9.65. The van der Waals surface area contributed by atoms with Gasteiger partial charge in [-0.2, -0.15) is 0 Å². The van der Waals surface area contributed by atoms with E-state index >= 15 is 0 Å². The number of nitrogens with one attached hydrogen (secondary N) is 3. The van der Waals surface area contributed by atoms with Crippen LogP contribution in [0.15, 0.2) is 30.3 Å². The highest BCUT2D eigenvalue weighted by Crippen LogP contribution is 2.48. The molecular weight excluding hydrogens is 270 g/mol. The average Bonchev–Trinajstić information content (AvgIpc) is 3.08. The van der Waals surface area contributed by atoms with Gasteiger partial charge in [0.05, 0.1) is 0 Å². The Bertz CT molecular complexity index is 505. The number of amides is 1. The highest BCUT2D eigenvalue weighted by Gasteiger charge is 2.43. The molecule has 3 N–H and O–H groups in total. The molecule has 3 rings (SSSR count). The van der Waals surface area contributed by atoms with E-state index in [-0.39, 0.29) is 11.8 Å². The predicted molar refractivity (Wildman–Crippen MR) is 82.9 cm³/mol. The van der Waals surface area contributed by atoms with E-state index in [1.807, 2.05) is 30.3 Å². The normalized spacial score (nSPS) is 27.1. The van der Waals surface area contributed by atoms with E-state index in [4.69, 9.17) is 12.2 Å². The molecule has 0 heterocycles. The van der Waals surface area contributed by atoms with Crippen LogP contribution in [0, 0.1) is 17.8 Å². The van der Waals surface area contributed by atoms with Gasteiger partial charge in [-0.05, 0) is 55.4 Å². The van der Waals surface area contributed by atoms with Gasteiger partial charge in [-0.15, -0.1) is 0 Å². The second kappa shape index (κ2) is 5.79. The molecule has 2 bridgehead atoms. The van der Waals surface area contributed by atoms with Crippen LogP contribution in [0.1, 0.15) is 25.7 Å². The molecule has 4 nitrogen and oxygen atoms in total. The summed E-state index contributed by atoms with van der Waals surface area (Å²) in [5.74, 6) is 1.60. The monoisotopic (exact) mass is 289 g/mol. The Kier molecular flexibility index (Phi) is 3.87. The molecule has 2 fully saturated rings. The van der Waals surface area contributed by atoms with Crippen LogP contribution in [-0.4, -0.2) is 11.0 Å². The third kappa shape index (κ3) is 2.93. The fraction of sp³-hybridized carbons (Fsp3) is 0.467. The van der Waals surface area contributed by atoms with Crippen LogP contribution in [0.2, 0.25) is 0 Å². The molecule has 0 spiro atoms. The molecule has 1 aromatic rings. The van der Waals surface area contributed by atoms with Crippen molar-refractivity contribution in [3.05, 3.63) is 30.3 Å². The summed E-state index contributed by atoms with van der Waals surface area (Å²) in [7, 11) is 0. The first-order chi connectivity index (χ1) is 9.72. The largest absolute Gasteiger partial charge is 0.331 e. The van der Waals surface area contributed by atoms with Crippen molar-refractivity contribution in [2.24, 2.45) is 17.8 Å². The van der Waals surface area contributed by atoms with Crippen molar-refractivity contribution < 1.29 is 4.79 Å². The molecule has 2 saturated carbocycles. The van der Waals surface area contributed by atoms with Gasteiger partial charge >= 0.3 is 0 Å². The molecule has 20 heavy (non-hydrogen) atoms. The number of hydrazine groups is 1. The minimum Gasteiger partial charge on any atom is -0.331 e. The highest BCUT2D eigenvalue weighted by atomic mass is 32.1. The standard InChI is InChI=1S/C15H19N3OS/c19-14(13-9-10-6-7-11(13)8-10)17-18-15(20)16-12-4-2-1-3-5-12/h1-5,10-11,13H,6-9H2,(H,17,19)(H2,16,18,20). The first-order valence-corrected chi connectivity index (χ1v) is 7.55. The van der Waals surface area contributed by atoms with Gasteiger partial charge in [0.1, 0.15) is 0 Å². The minimum absolute atomic E-state index is 0.0782. The second-order valence-corrected chi connectivity index (χ2v) is 6.12. The van der Waals surface area contributed by atoms with Gasteiger partial charge in [-0.25, -0.2) is 0 Å². The first-order valence-electron chi connectivity index (χ1n) is 7.14. The van der Waals surface area contributed by atoms with Crippen molar-refractivity contribution in [1.82, 2.24) is 10.9 Å². The number of carbonyl (C=O) groups is 1. The lowest BCUT2D eigenvalue weighted by atomic mass is 9.88. The van der Waals surface area contributed by atoms with Gasteiger partial charge in [0.2, 0.25) is 5.91 Å². The maximum absolute atomic E-state index is 12.1. The highest BCUT2D eigenvalue weighted by molar-refractivity contribution is 7.80. The lowest BCUT2D eigenvalue weighted by Crippen LogP contribution is -2.47. The lowest BCUT2D eigenvalue weighted by molar-refractivity contribution is -0.127. The van der Waals surface area contributed by atoms with Crippen LogP contribution in [0.5, 0.6) is 0 Å². The summed E-state index contributed by atoms with van der Waals surface area (Å²) >= 11 is 5.16. The van der Waals surface area contributed by atoms with Crippen molar-refractivity contribution in [1.29, 1.82) is 0 Å². The molecule has 0 saturated heterocycles. The van der Waals surface area contributed by atoms with E-state index in [0.717, 1.165) is 18.0 Å². The summed E-state index contributed by atoms with van der Waals surface area (Å²) in [6.07, 6.45) is 4.77. The van der Waals surface area contributed by atoms with E-state index in [9.17, 15) is 4.79 Å². The molecule has 5 heteroatoms. The number of rotatable bonds is 2. The van der Waals surface area contributed by atoms with Crippen LogP contribution in [-0.2, 0) is 4.79 Å². The van der Waals surface area contributed by atoms with Crippen LogP contribution in [0.4, 0.5) is 5.69 Å². The summed E-state index contributed by atoms with van der Waals surface area (Å²) in [5.41, 5.74) is 6.43. The van der Waals surface area contributed by atoms with Crippen LogP contribution < -0.4 is 16.2 Å². The molecule has 2 aliphatic carbocycles. The molecule has 1 amide bonds. The summed E-state index contributed by atoms with van der Waals surface area (Å²) in [4.78, 5) is 12.1. The van der Waals surface area contributed by atoms with E-state index in [2.05, 4.69) is 16.2 Å². The average molecular weight is 289 g/mol. The summed E-state index contributed by atoms with van der Waals surface area (Å²) in [5, 5.41) is 3.44. The van der Waals surface area contributed by atoms with Crippen molar-refractivity contribution in [2.75, 3.05) is 5.32 Å². The van der Waals surface area contributed by atoms with Gasteiger partial charge in [-0.3, -0.25) is 15.6 Å². The molecule has 0 aromatic heterocycles. The number of hydrogen-bond acceptors (Lipinski definition) is 2.